The van der Waals surface area contributed by atoms with E-state index in [1.807, 2.05) is 79.1 Å². The number of unbranched alkanes of at least 4 members (excludes halogenated alkanes) is 25. The predicted molar refractivity (Wildman–Crippen MR) is 426 cm³/mol. The number of thioether (sulfide) groups is 6. The minimum Gasteiger partial charge on any atom is -0.481 e. The van der Waals surface area contributed by atoms with Gasteiger partial charge in [-0.3, -0.25) is 28.8 Å². The normalized spacial score (nSPS) is 8.74. The number of carboxylic acid groups (broad SMARTS) is 4. The minimum atomic E-state index is -0.714. The first kappa shape index (κ1) is 132. The van der Waals surface area contributed by atoms with Gasteiger partial charge in [-0.1, -0.05) is 292 Å². The Morgan fingerprint density at radius 1 is 0.250 bits per heavy atom. The molecule has 2 radical (unpaired) electrons. The Morgan fingerprint density at radius 2 is 0.391 bits per heavy atom. The van der Waals surface area contributed by atoms with Gasteiger partial charge in [0.1, 0.15) is 0 Å². The number of amides is 2. The van der Waals surface area contributed by atoms with Gasteiger partial charge in [0.25, 0.3) is 0 Å². The first-order valence-electron chi connectivity index (χ1n) is 34.8. The Kier molecular flexibility index (Phi) is 217. The van der Waals surface area contributed by atoms with Crippen molar-refractivity contribution in [3.63, 3.8) is 0 Å². The molecule has 2 amide bonds. The molecule has 0 saturated carbocycles. The van der Waals surface area contributed by atoms with Gasteiger partial charge in [0.15, 0.2) is 0 Å². The van der Waals surface area contributed by atoms with Crippen molar-refractivity contribution in [1.29, 1.82) is 0 Å². The molecule has 0 bridgehead atoms. The Morgan fingerprint density at radius 3 is 0.511 bits per heavy atom. The molecule has 0 aromatic carbocycles. The van der Waals surface area contributed by atoms with Gasteiger partial charge in [-0.05, 0) is 50.4 Å². The van der Waals surface area contributed by atoms with Gasteiger partial charge >= 0.3 is 23.9 Å². The van der Waals surface area contributed by atoms with Crippen LogP contribution in [0, 0.1) is 0 Å². The predicted octanol–water partition coefficient (Wildman–Crippen LogP) is 24.2. The van der Waals surface area contributed by atoms with Crippen LogP contribution in [-0.2, 0) is 73.5 Å². The molecule has 578 valence electrons. The van der Waals surface area contributed by atoms with E-state index >= 15 is 0 Å². The van der Waals surface area contributed by atoms with E-state index in [-0.39, 0.29) is 97.1 Å². The topological polar surface area (TPSA) is 207 Å². The first-order chi connectivity index (χ1) is 42.4. The molecule has 20 heteroatoms. The number of aliphatic carboxylic acids is 4. The number of rotatable bonds is 47. The number of carboxylic acids is 4. The zero-order chi connectivity index (χ0) is 70.2. The summed E-state index contributed by atoms with van der Waals surface area (Å²) >= 11 is 9.66. The van der Waals surface area contributed by atoms with E-state index in [0.717, 1.165) is 60.4 Å². The Bertz CT molecular complexity index is 1080. The van der Waals surface area contributed by atoms with Crippen molar-refractivity contribution in [2.75, 3.05) is 85.1 Å². The fraction of sp³-hybridized carbons (Fsp3) is 0.917. The molecular weight excluding hydrogens is 1640 g/mol. The molecule has 0 aromatic heterocycles. The zero-order valence-electron chi connectivity index (χ0n) is 62.4. The van der Waals surface area contributed by atoms with Crippen molar-refractivity contribution in [1.82, 2.24) is 10.6 Å². The number of nitrogens with one attached hydrogen (secondary N) is 2. The van der Waals surface area contributed by atoms with Crippen LogP contribution in [0.2, 0.25) is 0 Å². The molecule has 0 aliphatic carbocycles. The SMILES string of the molecule is C.C.CC.CC.CC.CCCC.CCCC.CCCC.CCCCCCCCCCCCCCNC(=O)CCSC.CCCCCCCCCCCCCCNC(=O)CCSC.CSCCC(=O)O.CSCCC(=O)O.CSCCC(=O)O.CSCCC(=O)O.[Au].[Au]. The van der Waals surface area contributed by atoms with E-state index < -0.39 is 23.9 Å². The molecule has 0 aliphatic heterocycles. The van der Waals surface area contributed by atoms with Crippen LogP contribution < -0.4 is 10.6 Å². The summed E-state index contributed by atoms with van der Waals surface area (Å²) in [7, 11) is 0. The van der Waals surface area contributed by atoms with Crippen LogP contribution in [0.1, 0.15) is 343 Å². The molecular formula is C72H162Au2N2O10S6. The Hall–Kier alpha value is 0.401. The van der Waals surface area contributed by atoms with Gasteiger partial charge in [-0.15, -0.1) is 0 Å². The van der Waals surface area contributed by atoms with Crippen LogP contribution in [0.25, 0.3) is 0 Å². The molecule has 0 saturated heterocycles. The number of carbonyl (C=O) groups is 6. The summed E-state index contributed by atoms with van der Waals surface area (Å²) in [6, 6.07) is 0. The van der Waals surface area contributed by atoms with E-state index in [2.05, 4.69) is 66.0 Å². The summed E-state index contributed by atoms with van der Waals surface area (Å²) in [5, 5.41) is 38.1. The van der Waals surface area contributed by atoms with E-state index in [9.17, 15) is 28.8 Å². The number of carbonyl (C=O) groups excluding carboxylic acids is 2. The van der Waals surface area contributed by atoms with Crippen molar-refractivity contribution in [2.24, 2.45) is 0 Å². The van der Waals surface area contributed by atoms with Crippen molar-refractivity contribution in [2.45, 2.75) is 343 Å². The second-order valence-corrected chi connectivity index (χ2v) is 25.4. The van der Waals surface area contributed by atoms with Crippen molar-refractivity contribution < 1.29 is 94.0 Å². The van der Waals surface area contributed by atoms with E-state index in [1.165, 1.54) is 180 Å². The third kappa shape index (κ3) is 219. The minimum absolute atomic E-state index is 0. The van der Waals surface area contributed by atoms with Gasteiger partial charge in [-0.25, -0.2) is 0 Å². The molecule has 0 aliphatic rings. The summed E-state index contributed by atoms with van der Waals surface area (Å²) in [6.07, 6.45) is 54.8. The van der Waals surface area contributed by atoms with Crippen molar-refractivity contribution >= 4 is 106 Å². The second-order valence-electron chi connectivity index (χ2n) is 19.5. The van der Waals surface area contributed by atoms with Crippen LogP contribution in [-0.4, -0.2) is 141 Å². The second kappa shape index (κ2) is 151. The van der Waals surface area contributed by atoms with Crippen LogP contribution >= 0.6 is 70.6 Å². The molecule has 0 unspecified atom stereocenters. The summed E-state index contributed by atoms with van der Waals surface area (Å²) in [5.74, 6) is 2.32. The molecule has 0 heterocycles. The molecule has 0 rings (SSSR count). The maximum absolute atomic E-state index is 11.4. The quantitative estimate of drug-likeness (QED) is 0.0247. The fourth-order valence-corrected chi connectivity index (χ4v) is 8.01. The third-order valence-corrected chi connectivity index (χ3v) is 15.0. The van der Waals surface area contributed by atoms with Gasteiger partial charge in [-0.2, -0.15) is 70.6 Å². The van der Waals surface area contributed by atoms with Crippen LogP contribution in [0.5, 0.6) is 0 Å². The smallest absolute Gasteiger partial charge is 0.304 e. The monoisotopic (exact) mass is 1800 g/mol. The molecule has 0 fully saturated rings. The average molecular weight is 1800 g/mol. The maximum atomic E-state index is 11.4. The number of hydrogen-bond donors (Lipinski definition) is 6. The first-order valence-corrected chi connectivity index (χ1v) is 43.1. The summed E-state index contributed by atoms with van der Waals surface area (Å²) < 4.78 is 0. The van der Waals surface area contributed by atoms with Crippen LogP contribution in [0.15, 0.2) is 0 Å². The zero-order valence-corrected chi connectivity index (χ0v) is 71.6. The van der Waals surface area contributed by atoms with E-state index in [0.29, 0.717) is 12.8 Å². The Balaban J connectivity index is -0.0000000533. The van der Waals surface area contributed by atoms with Gasteiger partial charge in [0.2, 0.25) is 11.8 Å². The molecule has 0 atom stereocenters. The summed E-state index contributed by atoms with van der Waals surface area (Å²) in [6.45, 7) is 31.4. The van der Waals surface area contributed by atoms with E-state index in [4.69, 9.17) is 20.4 Å². The molecule has 92 heavy (non-hydrogen) atoms. The van der Waals surface area contributed by atoms with E-state index in [1.54, 1.807) is 70.6 Å². The third-order valence-electron chi connectivity index (χ3n) is 11.4. The summed E-state index contributed by atoms with van der Waals surface area (Å²) in [5.41, 5.74) is 0. The van der Waals surface area contributed by atoms with Crippen molar-refractivity contribution in [3.05, 3.63) is 0 Å². The van der Waals surface area contributed by atoms with Gasteiger partial charge < -0.3 is 31.1 Å². The standard InChI is InChI=1S/2C18H37NOS.4C4H8O2S.3C4H10.3C2H6.2CH4.2Au/c2*1-3-4-5-6-7-8-9-10-11-12-13-14-16-19-18(20)15-17-21-2;4*1-7-3-2-4(5)6;3*1-3-4-2;3*1-2;;;;/h2*3-17H2,1-2H3,(H,19,20);4*2-3H2,1H3,(H,5,6);3*3-4H2,1-2H3;3*1-2H3;2*1H4;;. The van der Waals surface area contributed by atoms with Gasteiger partial charge in [0, 0.05) is 105 Å². The number of hydrogen-bond acceptors (Lipinski definition) is 12. The largest absolute Gasteiger partial charge is 0.481 e. The molecule has 0 aromatic rings. The summed E-state index contributed by atoms with van der Waals surface area (Å²) in [4.78, 5) is 61.7. The average Bonchev–Trinajstić information content (AvgIpc) is 3.54. The van der Waals surface area contributed by atoms with Gasteiger partial charge in [0.05, 0.1) is 25.7 Å². The fourth-order valence-electron chi connectivity index (χ4n) is 5.71. The molecule has 12 nitrogen and oxygen atoms in total. The van der Waals surface area contributed by atoms with Crippen molar-refractivity contribution in [3.8, 4) is 0 Å². The van der Waals surface area contributed by atoms with Crippen LogP contribution in [0.4, 0.5) is 0 Å². The molecule has 0 spiro atoms. The Labute approximate surface area is 633 Å². The van der Waals surface area contributed by atoms with Crippen LogP contribution in [0.3, 0.4) is 0 Å². The molecule has 6 N–H and O–H groups in total. The maximum Gasteiger partial charge on any atom is 0.304 e.